The first-order valence-electron chi connectivity index (χ1n) is 7.49. The SMILES string of the molecule is C[C@H](Oc1ccccc1Cl)C(=O)NCCCc1ccc(Cl)cc1. The quantitative estimate of drug-likeness (QED) is 0.745. The second kappa shape index (κ2) is 8.80. The molecular weight excluding hydrogens is 333 g/mol. The molecule has 2 rings (SSSR count). The summed E-state index contributed by atoms with van der Waals surface area (Å²) < 4.78 is 5.58. The summed E-state index contributed by atoms with van der Waals surface area (Å²) >= 11 is 11.9. The maximum absolute atomic E-state index is 12.0. The average Bonchev–Trinajstić information content (AvgIpc) is 2.55. The van der Waals surface area contributed by atoms with E-state index in [0.717, 1.165) is 17.9 Å². The Balaban J connectivity index is 1.72. The van der Waals surface area contributed by atoms with Crippen LogP contribution in [0.25, 0.3) is 0 Å². The summed E-state index contributed by atoms with van der Waals surface area (Å²) in [6, 6.07) is 14.8. The molecule has 0 unspecified atom stereocenters. The fourth-order valence-corrected chi connectivity index (χ4v) is 2.39. The van der Waals surface area contributed by atoms with Gasteiger partial charge in [0.05, 0.1) is 5.02 Å². The lowest BCUT2D eigenvalue weighted by molar-refractivity contribution is -0.127. The minimum absolute atomic E-state index is 0.152. The van der Waals surface area contributed by atoms with Gasteiger partial charge in [0.15, 0.2) is 6.10 Å². The highest BCUT2D eigenvalue weighted by atomic mass is 35.5. The third kappa shape index (κ3) is 5.77. The van der Waals surface area contributed by atoms with Crippen LogP contribution in [0.5, 0.6) is 5.75 Å². The molecule has 0 heterocycles. The summed E-state index contributed by atoms with van der Waals surface area (Å²) in [4.78, 5) is 12.0. The number of hydrogen-bond donors (Lipinski definition) is 1. The standard InChI is InChI=1S/C18H19Cl2NO2/c1-13(23-17-7-3-2-6-16(17)20)18(22)21-12-4-5-14-8-10-15(19)11-9-14/h2-3,6-11,13H,4-5,12H2,1H3,(H,21,22)/t13-/m0/s1. The minimum atomic E-state index is -0.592. The number of carbonyl (C=O) groups excluding carboxylic acids is 1. The lowest BCUT2D eigenvalue weighted by atomic mass is 10.1. The third-order valence-corrected chi connectivity index (χ3v) is 3.93. The van der Waals surface area contributed by atoms with Crippen molar-refractivity contribution in [3.05, 3.63) is 64.1 Å². The van der Waals surface area contributed by atoms with Gasteiger partial charge in [-0.2, -0.15) is 0 Å². The highest BCUT2D eigenvalue weighted by Gasteiger charge is 2.15. The van der Waals surface area contributed by atoms with E-state index in [4.69, 9.17) is 27.9 Å². The van der Waals surface area contributed by atoms with E-state index in [0.29, 0.717) is 17.3 Å². The van der Waals surface area contributed by atoms with E-state index < -0.39 is 6.10 Å². The summed E-state index contributed by atoms with van der Waals surface area (Å²) in [7, 11) is 0. The van der Waals surface area contributed by atoms with Crippen molar-refractivity contribution in [3.63, 3.8) is 0 Å². The molecule has 0 aliphatic heterocycles. The van der Waals surface area contributed by atoms with Crippen LogP contribution in [0.4, 0.5) is 0 Å². The molecule has 1 N–H and O–H groups in total. The molecule has 0 saturated heterocycles. The largest absolute Gasteiger partial charge is 0.479 e. The number of carbonyl (C=O) groups is 1. The zero-order valence-electron chi connectivity index (χ0n) is 12.9. The predicted molar refractivity (Wildman–Crippen MR) is 94.3 cm³/mol. The highest BCUT2D eigenvalue weighted by Crippen LogP contribution is 2.24. The van der Waals surface area contributed by atoms with Crippen molar-refractivity contribution in [3.8, 4) is 5.75 Å². The van der Waals surface area contributed by atoms with Crippen LogP contribution >= 0.6 is 23.2 Å². The maximum Gasteiger partial charge on any atom is 0.260 e. The van der Waals surface area contributed by atoms with Crippen LogP contribution in [0.15, 0.2) is 48.5 Å². The van der Waals surface area contributed by atoms with Crippen molar-refractivity contribution in [1.29, 1.82) is 0 Å². The van der Waals surface area contributed by atoms with Gasteiger partial charge in [0, 0.05) is 11.6 Å². The Hall–Kier alpha value is -1.71. The molecule has 0 radical (unpaired) electrons. The monoisotopic (exact) mass is 351 g/mol. The van der Waals surface area contributed by atoms with Crippen molar-refractivity contribution in [2.75, 3.05) is 6.54 Å². The zero-order chi connectivity index (χ0) is 16.7. The number of para-hydroxylation sites is 1. The molecule has 3 nitrogen and oxygen atoms in total. The Kier molecular flexibility index (Phi) is 6.75. The second-order valence-corrected chi connectivity index (χ2v) is 6.06. The molecule has 23 heavy (non-hydrogen) atoms. The van der Waals surface area contributed by atoms with Crippen molar-refractivity contribution in [2.24, 2.45) is 0 Å². The lowest BCUT2D eigenvalue weighted by Crippen LogP contribution is -2.37. The molecular formula is C18H19Cl2NO2. The Morgan fingerprint density at radius 2 is 1.83 bits per heavy atom. The molecule has 1 atom stereocenters. The van der Waals surface area contributed by atoms with E-state index in [9.17, 15) is 4.79 Å². The van der Waals surface area contributed by atoms with Crippen LogP contribution in [-0.2, 0) is 11.2 Å². The molecule has 0 aliphatic rings. The van der Waals surface area contributed by atoms with Crippen LogP contribution in [0.2, 0.25) is 10.0 Å². The summed E-state index contributed by atoms with van der Waals surface area (Å²) in [6.07, 6.45) is 1.15. The molecule has 2 aromatic carbocycles. The Morgan fingerprint density at radius 3 is 2.52 bits per heavy atom. The first kappa shape index (κ1) is 17.6. The maximum atomic E-state index is 12.0. The van der Waals surface area contributed by atoms with Gasteiger partial charge in [-0.3, -0.25) is 4.79 Å². The summed E-state index contributed by atoms with van der Waals surface area (Å²) in [5, 5.41) is 4.10. The summed E-state index contributed by atoms with van der Waals surface area (Å²) in [5.41, 5.74) is 1.20. The van der Waals surface area contributed by atoms with Gasteiger partial charge in [0.1, 0.15) is 5.75 Å². The van der Waals surface area contributed by atoms with E-state index >= 15 is 0 Å². The van der Waals surface area contributed by atoms with E-state index in [1.54, 1.807) is 19.1 Å². The van der Waals surface area contributed by atoms with Crippen LogP contribution in [0.1, 0.15) is 18.9 Å². The molecule has 0 fully saturated rings. The number of amides is 1. The first-order valence-corrected chi connectivity index (χ1v) is 8.25. The van der Waals surface area contributed by atoms with Crippen molar-refractivity contribution in [2.45, 2.75) is 25.9 Å². The van der Waals surface area contributed by atoms with Gasteiger partial charge in [0.25, 0.3) is 5.91 Å². The van der Waals surface area contributed by atoms with E-state index in [2.05, 4.69) is 5.32 Å². The van der Waals surface area contributed by atoms with Gasteiger partial charge in [-0.05, 0) is 49.6 Å². The van der Waals surface area contributed by atoms with E-state index in [1.807, 2.05) is 36.4 Å². The fourth-order valence-electron chi connectivity index (χ4n) is 2.08. The third-order valence-electron chi connectivity index (χ3n) is 3.36. The van der Waals surface area contributed by atoms with E-state index in [-0.39, 0.29) is 5.91 Å². The number of ether oxygens (including phenoxy) is 1. The average molecular weight is 352 g/mol. The number of aryl methyl sites for hydroxylation is 1. The number of hydrogen-bond acceptors (Lipinski definition) is 2. The molecule has 0 spiro atoms. The first-order chi connectivity index (χ1) is 11.1. The molecule has 0 aliphatic carbocycles. The van der Waals surface area contributed by atoms with Crippen LogP contribution in [-0.4, -0.2) is 18.6 Å². The summed E-state index contributed by atoms with van der Waals surface area (Å²) in [6.45, 7) is 2.30. The second-order valence-electron chi connectivity index (χ2n) is 5.21. The smallest absolute Gasteiger partial charge is 0.260 e. The van der Waals surface area contributed by atoms with Crippen LogP contribution in [0.3, 0.4) is 0 Å². The molecule has 2 aromatic rings. The number of halogens is 2. The van der Waals surface area contributed by atoms with Gasteiger partial charge < -0.3 is 10.1 Å². The number of benzene rings is 2. The lowest BCUT2D eigenvalue weighted by Gasteiger charge is -2.15. The predicted octanol–water partition coefficient (Wildman–Crippen LogP) is 4.51. The fraction of sp³-hybridized carbons (Fsp3) is 0.278. The van der Waals surface area contributed by atoms with Crippen molar-refractivity contribution < 1.29 is 9.53 Å². The molecule has 0 saturated carbocycles. The highest BCUT2D eigenvalue weighted by molar-refractivity contribution is 6.32. The Morgan fingerprint density at radius 1 is 1.13 bits per heavy atom. The topological polar surface area (TPSA) is 38.3 Å². The Bertz CT molecular complexity index is 644. The van der Waals surface area contributed by atoms with Crippen molar-refractivity contribution >= 4 is 29.1 Å². The number of nitrogens with one attached hydrogen (secondary N) is 1. The Labute approximate surface area is 146 Å². The molecule has 1 amide bonds. The van der Waals surface area contributed by atoms with Crippen LogP contribution in [0, 0.1) is 0 Å². The minimum Gasteiger partial charge on any atom is -0.479 e. The van der Waals surface area contributed by atoms with Crippen molar-refractivity contribution in [1.82, 2.24) is 5.32 Å². The van der Waals surface area contributed by atoms with Gasteiger partial charge >= 0.3 is 0 Å². The molecule has 122 valence electrons. The van der Waals surface area contributed by atoms with Gasteiger partial charge in [-0.25, -0.2) is 0 Å². The van der Waals surface area contributed by atoms with Gasteiger partial charge in [0.2, 0.25) is 0 Å². The molecule has 0 aromatic heterocycles. The van der Waals surface area contributed by atoms with Crippen LogP contribution < -0.4 is 10.1 Å². The summed E-state index contributed by atoms with van der Waals surface area (Å²) in [5.74, 6) is 0.360. The number of rotatable bonds is 7. The zero-order valence-corrected chi connectivity index (χ0v) is 14.4. The van der Waals surface area contributed by atoms with E-state index in [1.165, 1.54) is 5.56 Å². The molecule has 0 bridgehead atoms. The van der Waals surface area contributed by atoms with Gasteiger partial charge in [-0.15, -0.1) is 0 Å². The normalized spacial score (nSPS) is 11.8. The van der Waals surface area contributed by atoms with Gasteiger partial charge in [-0.1, -0.05) is 47.5 Å². The molecule has 5 heteroatoms.